The van der Waals surface area contributed by atoms with Gasteiger partial charge in [-0.25, -0.2) is 4.79 Å². The van der Waals surface area contributed by atoms with Crippen molar-refractivity contribution in [2.45, 2.75) is 13.0 Å². The first kappa shape index (κ1) is 12.8. The fourth-order valence-electron chi connectivity index (χ4n) is 1.81. The number of aryl methyl sites for hydroxylation is 1. The van der Waals surface area contributed by atoms with Crippen molar-refractivity contribution in [1.29, 1.82) is 0 Å². The van der Waals surface area contributed by atoms with E-state index in [0.717, 1.165) is 23.2 Å². The molecule has 0 atom stereocenters. The summed E-state index contributed by atoms with van der Waals surface area (Å²) in [4.78, 5) is 24.8. The highest BCUT2D eigenvalue weighted by Gasteiger charge is 2.05. The van der Waals surface area contributed by atoms with Gasteiger partial charge in [0.15, 0.2) is 0 Å². The van der Waals surface area contributed by atoms with E-state index in [-0.39, 0.29) is 11.4 Å². The van der Waals surface area contributed by atoms with E-state index in [9.17, 15) is 9.59 Å². The van der Waals surface area contributed by atoms with Gasteiger partial charge < -0.3 is 10.1 Å². The normalized spacial score (nSPS) is 10.9. The van der Waals surface area contributed by atoms with Crippen LogP contribution in [0.15, 0.2) is 29.1 Å². The number of aliphatic carboxylic acids is 1. The molecule has 0 saturated carbocycles. The summed E-state index contributed by atoms with van der Waals surface area (Å²) in [6.45, 7) is 0.607. The predicted octanol–water partition coefficient (Wildman–Crippen LogP) is 1.54. The molecule has 1 heterocycles. The standard InChI is InChI=1S/C12H14N2O3S/c15-11(16)8-18-7-3-6-14-10-5-2-1-4-9(10)13-12(14)17/h1-2,4-5H,3,6-8H2,(H,13,17)(H,15,16). The number of carbonyl (C=O) groups is 1. The number of aromatic amines is 1. The van der Waals surface area contributed by atoms with Gasteiger partial charge in [0.25, 0.3) is 0 Å². The lowest BCUT2D eigenvalue weighted by Gasteiger charge is -2.02. The lowest BCUT2D eigenvalue weighted by atomic mass is 10.3. The number of carboxylic acids is 1. The van der Waals surface area contributed by atoms with Crippen LogP contribution in [0.3, 0.4) is 0 Å². The quantitative estimate of drug-likeness (QED) is 0.778. The minimum absolute atomic E-state index is 0.112. The summed E-state index contributed by atoms with van der Waals surface area (Å²) in [7, 11) is 0. The SMILES string of the molecule is O=C(O)CSCCCn1c(=O)[nH]c2ccccc21. The zero-order chi connectivity index (χ0) is 13.0. The lowest BCUT2D eigenvalue weighted by molar-refractivity contribution is -0.133. The van der Waals surface area contributed by atoms with Crippen LogP contribution in [0.25, 0.3) is 11.0 Å². The largest absolute Gasteiger partial charge is 0.481 e. The van der Waals surface area contributed by atoms with Gasteiger partial charge in [0.2, 0.25) is 0 Å². The van der Waals surface area contributed by atoms with Gasteiger partial charge in [-0.1, -0.05) is 12.1 Å². The summed E-state index contributed by atoms with van der Waals surface area (Å²) >= 11 is 1.37. The molecule has 1 aromatic carbocycles. The van der Waals surface area contributed by atoms with Crippen molar-refractivity contribution in [3.05, 3.63) is 34.7 Å². The Morgan fingerprint density at radius 3 is 2.94 bits per heavy atom. The number of aromatic nitrogens is 2. The number of H-pyrrole nitrogens is 1. The van der Waals surface area contributed by atoms with E-state index >= 15 is 0 Å². The molecule has 96 valence electrons. The minimum atomic E-state index is -0.802. The van der Waals surface area contributed by atoms with E-state index < -0.39 is 5.97 Å². The van der Waals surface area contributed by atoms with E-state index in [1.807, 2.05) is 24.3 Å². The fraction of sp³-hybridized carbons (Fsp3) is 0.333. The number of para-hydroxylation sites is 2. The van der Waals surface area contributed by atoms with Crippen LogP contribution in [0.2, 0.25) is 0 Å². The Morgan fingerprint density at radius 2 is 2.17 bits per heavy atom. The summed E-state index contributed by atoms with van der Waals surface area (Å²) in [5.74, 6) is 0.0466. The molecule has 0 radical (unpaired) electrons. The van der Waals surface area contributed by atoms with Crippen molar-refractivity contribution in [2.75, 3.05) is 11.5 Å². The van der Waals surface area contributed by atoms with Crippen molar-refractivity contribution >= 4 is 28.8 Å². The summed E-state index contributed by atoms with van der Waals surface area (Å²) < 4.78 is 1.69. The van der Waals surface area contributed by atoms with E-state index in [1.165, 1.54) is 11.8 Å². The van der Waals surface area contributed by atoms with Gasteiger partial charge in [0.05, 0.1) is 16.8 Å². The lowest BCUT2D eigenvalue weighted by Crippen LogP contribution is -2.17. The fourth-order valence-corrected chi connectivity index (χ4v) is 2.47. The summed E-state index contributed by atoms with van der Waals surface area (Å²) in [5.41, 5.74) is 1.62. The van der Waals surface area contributed by atoms with Gasteiger partial charge in [-0.15, -0.1) is 0 Å². The number of hydrogen-bond acceptors (Lipinski definition) is 3. The summed E-state index contributed by atoms with van der Waals surface area (Å²) in [5, 5.41) is 8.50. The average Bonchev–Trinajstić information content (AvgIpc) is 2.65. The number of carboxylic acid groups (broad SMARTS) is 1. The highest BCUT2D eigenvalue weighted by atomic mass is 32.2. The molecule has 1 aromatic heterocycles. The molecule has 5 nitrogen and oxygen atoms in total. The molecule has 2 N–H and O–H groups in total. The van der Waals surface area contributed by atoms with Crippen LogP contribution in [0.1, 0.15) is 6.42 Å². The first-order valence-electron chi connectivity index (χ1n) is 5.65. The van der Waals surface area contributed by atoms with E-state index in [4.69, 9.17) is 5.11 Å². The second-order valence-corrected chi connectivity index (χ2v) is 5.00. The van der Waals surface area contributed by atoms with Crippen molar-refractivity contribution in [1.82, 2.24) is 9.55 Å². The number of nitrogens with one attached hydrogen (secondary N) is 1. The Morgan fingerprint density at radius 1 is 1.39 bits per heavy atom. The monoisotopic (exact) mass is 266 g/mol. The van der Waals surface area contributed by atoms with Crippen LogP contribution in [-0.2, 0) is 11.3 Å². The smallest absolute Gasteiger partial charge is 0.326 e. The van der Waals surface area contributed by atoms with Crippen LogP contribution >= 0.6 is 11.8 Å². The highest BCUT2D eigenvalue weighted by molar-refractivity contribution is 7.99. The number of hydrogen-bond donors (Lipinski definition) is 2. The topological polar surface area (TPSA) is 75.1 Å². The molecule has 0 saturated heterocycles. The van der Waals surface area contributed by atoms with Crippen LogP contribution in [0.5, 0.6) is 0 Å². The number of fused-ring (bicyclic) bond motifs is 1. The molecule has 0 unspecified atom stereocenters. The average molecular weight is 266 g/mol. The van der Waals surface area contributed by atoms with Crippen LogP contribution in [-0.4, -0.2) is 32.1 Å². The first-order valence-corrected chi connectivity index (χ1v) is 6.81. The molecule has 0 spiro atoms. The molecule has 0 fully saturated rings. The summed E-state index contributed by atoms with van der Waals surface area (Å²) in [6.07, 6.45) is 0.777. The molecule has 2 rings (SSSR count). The molecule has 0 aliphatic rings. The maximum atomic E-state index is 11.7. The van der Waals surface area contributed by atoms with Crippen LogP contribution in [0, 0.1) is 0 Å². The maximum absolute atomic E-state index is 11.7. The maximum Gasteiger partial charge on any atom is 0.326 e. The van der Waals surface area contributed by atoms with E-state index in [0.29, 0.717) is 6.54 Å². The number of thioether (sulfide) groups is 1. The summed E-state index contributed by atoms with van der Waals surface area (Å²) in [6, 6.07) is 7.54. The van der Waals surface area contributed by atoms with E-state index in [2.05, 4.69) is 4.98 Å². The van der Waals surface area contributed by atoms with Gasteiger partial charge in [-0.2, -0.15) is 11.8 Å². The Balaban J connectivity index is 1.97. The van der Waals surface area contributed by atoms with Crippen LogP contribution < -0.4 is 5.69 Å². The van der Waals surface area contributed by atoms with Gasteiger partial charge in [-0.05, 0) is 24.3 Å². The molecule has 0 amide bonds. The molecular formula is C12H14N2O3S. The third kappa shape index (κ3) is 2.95. The number of imidazole rings is 1. The Bertz CT molecular complexity index is 603. The third-order valence-corrected chi connectivity index (χ3v) is 3.61. The van der Waals surface area contributed by atoms with Gasteiger partial charge in [0.1, 0.15) is 0 Å². The molecule has 6 heteroatoms. The molecule has 18 heavy (non-hydrogen) atoms. The van der Waals surface area contributed by atoms with Crippen molar-refractivity contribution in [3.63, 3.8) is 0 Å². The third-order valence-electron chi connectivity index (χ3n) is 2.58. The molecule has 2 aromatic rings. The molecular weight excluding hydrogens is 252 g/mol. The number of nitrogens with zero attached hydrogens (tertiary/aromatic N) is 1. The zero-order valence-electron chi connectivity index (χ0n) is 9.76. The Hall–Kier alpha value is -1.69. The Kier molecular flexibility index (Phi) is 4.09. The second-order valence-electron chi connectivity index (χ2n) is 3.90. The predicted molar refractivity (Wildman–Crippen MR) is 72.1 cm³/mol. The molecule has 0 bridgehead atoms. The molecule has 0 aliphatic carbocycles. The van der Waals surface area contributed by atoms with Crippen LogP contribution in [0.4, 0.5) is 0 Å². The van der Waals surface area contributed by atoms with Crippen molar-refractivity contribution in [3.8, 4) is 0 Å². The number of benzene rings is 1. The highest BCUT2D eigenvalue weighted by Crippen LogP contribution is 2.10. The van der Waals surface area contributed by atoms with Crippen molar-refractivity contribution in [2.24, 2.45) is 0 Å². The second kappa shape index (κ2) is 5.77. The zero-order valence-corrected chi connectivity index (χ0v) is 10.6. The van der Waals surface area contributed by atoms with Crippen molar-refractivity contribution < 1.29 is 9.90 Å². The van der Waals surface area contributed by atoms with Gasteiger partial charge in [0, 0.05) is 6.54 Å². The van der Waals surface area contributed by atoms with E-state index in [1.54, 1.807) is 4.57 Å². The minimum Gasteiger partial charge on any atom is -0.481 e. The van der Waals surface area contributed by atoms with Gasteiger partial charge in [-0.3, -0.25) is 9.36 Å². The Labute approximate surface area is 108 Å². The molecule has 0 aliphatic heterocycles. The first-order chi connectivity index (χ1) is 8.68. The number of rotatable bonds is 6. The van der Waals surface area contributed by atoms with Gasteiger partial charge >= 0.3 is 11.7 Å².